The molecule has 1 saturated heterocycles. The van der Waals surface area contributed by atoms with Crippen LogP contribution in [0.4, 0.5) is 0 Å². The highest BCUT2D eigenvalue weighted by Gasteiger charge is 2.28. The summed E-state index contributed by atoms with van der Waals surface area (Å²) >= 11 is 0. The number of carbonyl (C=O) groups excluding carboxylic acids is 1. The normalized spacial score (nSPS) is 27.2. The largest absolute Gasteiger partial charge is 0.472 e. The van der Waals surface area contributed by atoms with Crippen molar-refractivity contribution >= 4 is 5.97 Å². The van der Waals surface area contributed by atoms with E-state index in [0.29, 0.717) is 31.0 Å². The molecule has 0 amide bonds. The van der Waals surface area contributed by atoms with Gasteiger partial charge in [-0.1, -0.05) is 6.92 Å². The summed E-state index contributed by atoms with van der Waals surface area (Å²) in [6.07, 6.45) is 7.15. The zero-order valence-electron chi connectivity index (χ0n) is 11.7. The average Bonchev–Trinajstić information content (AvgIpc) is 2.92. The minimum absolute atomic E-state index is 0.0954. The van der Waals surface area contributed by atoms with Crippen molar-refractivity contribution in [3.8, 4) is 0 Å². The molecule has 19 heavy (non-hydrogen) atoms. The van der Waals surface area contributed by atoms with Crippen LogP contribution in [0.5, 0.6) is 0 Å². The van der Waals surface area contributed by atoms with Crippen LogP contribution in [0.2, 0.25) is 0 Å². The molecular weight excluding hydrogens is 242 g/mol. The maximum Gasteiger partial charge on any atom is 0.305 e. The summed E-state index contributed by atoms with van der Waals surface area (Å²) in [5.41, 5.74) is 1.20. The summed E-state index contributed by atoms with van der Waals surface area (Å²) in [4.78, 5) is 11.4. The number of rotatable bonds is 5. The maximum atomic E-state index is 11.4. The Morgan fingerprint density at radius 3 is 3.05 bits per heavy atom. The lowest BCUT2D eigenvalue weighted by Gasteiger charge is -2.35. The highest BCUT2D eigenvalue weighted by Crippen LogP contribution is 2.30. The Hall–Kier alpha value is -1.29. The molecule has 1 fully saturated rings. The molecule has 0 unspecified atom stereocenters. The zero-order valence-corrected chi connectivity index (χ0v) is 11.7. The third kappa shape index (κ3) is 3.83. The molecule has 0 spiro atoms. The second-order valence-electron chi connectivity index (χ2n) is 5.28. The molecule has 0 saturated carbocycles. The van der Waals surface area contributed by atoms with E-state index >= 15 is 0 Å². The molecule has 2 heterocycles. The van der Waals surface area contributed by atoms with Crippen LogP contribution in [-0.2, 0) is 9.53 Å². The van der Waals surface area contributed by atoms with Gasteiger partial charge >= 0.3 is 5.97 Å². The summed E-state index contributed by atoms with van der Waals surface area (Å²) in [6.45, 7) is 4.55. The smallest absolute Gasteiger partial charge is 0.305 e. The SMILES string of the molecule is CCOC(=O)CC[C@@H]1N[C@H](c2ccoc2)CC[C@H]1C. The Labute approximate surface area is 114 Å². The molecule has 3 atom stereocenters. The molecule has 1 aromatic heterocycles. The van der Waals surface area contributed by atoms with Crippen LogP contribution in [0.1, 0.15) is 51.1 Å². The molecule has 0 aliphatic carbocycles. The molecule has 1 aliphatic rings. The van der Waals surface area contributed by atoms with E-state index < -0.39 is 0 Å². The first-order chi connectivity index (χ1) is 9.20. The number of piperidine rings is 1. The molecule has 1 aromatic rings. The number of hydrogen-bond donors (Lipinski definition) is 1. The molecular formula is C15H23NO3. The van der Waals surface area contributed by atoms with Gasteiger partial charge in [-0.3, -0.25) is 4.79 Å². The predicted molar refractivity (Wildman–Crippen MR) is 72.6 cm³/mol. The summed E-state index contributed by atoms with van der Waals surface area (Å²) in [6, 6.07) is 2.73. The Bertz CT molecular complexity index is 388. The van der Waals surface area contributed by atoms with Crippen molar-refractivity contribution in [3.05, 3.63) is 24.2 Å². The van der Waals surface area contributed by atoms with E-state index in [2.05, 4.69) is 12.2 Å². The van der Waals surface area contributed by atoms with Crippen molar-refractivity contribution in [2.24, 2.45) is 5.92 Å². The lowest BCUT2D eigenvalue weighted by molar-refractivity contribution is -0.143. The minimum Gasteiger partial charge on any atom is -0.472 e. The van der Waals surface area contributed by atoms with Crippen LogP contribution in [0.15, 0.2) is 23.0 Å². The van der Waals surface area contributed by atoms with Crippen LogP contribution in [0.3, 0.4) is 0 Å². The van der Waals surface area contributed by atoms with E-state index in [0.717, 1.165) is 12.8 Å². The first-order valence-electron chi connectivity index (χ1n) is 7.14. The summed E-state index contributed by atoms with van der Waals surface area (Å²) in [7, 11) is 0. The van der Waals surface area contributed by atoms with Crippen LogP contribution in [0.25, 0.3) is 0 Å². The molecule has 0 aromatic carbocycles. The number of hydrogen-bond acceptors (Lipinski definition) is 4. The van der Waals surface area contributed by atoms with Crippen molar-refractivity contribution in [3.63, 3.8) is 0 Å². The van der Waals surface area contributed by atoms with Gasteiger partial charge < -0.3 is 14.5 Å². The highest BCUT2D eigenvalue weighted by molar-refractivity contribution is 5.69. The Kier molecular flexibility index (Phi) is 5.02. The summed E-state index contributed by atoms with van der Waals surface area (Å²) in [5, 5.41) is 3.64. The third-order valence-electron chi connectivity index (χ3n) is 3.92. The van der Waals surface area contributed by atoms with E-state index in [-0.39, 0.29) is 5.97 Å². The fourth-order valence-electron chi connectivity index (χ4n) is 2.75. The topological polar surface area (TPSA) is 51.5 Å². The van der Waals surface area contributed by atoms with E-state index in [9.17, 15) is 4.79 Å². The summed E-state index contributed by atoms with van der Waals surface area (Å²) in [5.74, 6) is 0.500. The van der Waals surface area contributed by atoms with Crippen LogP contribution in [0, 0.1) is 5.92 Å². The first kappa shape index (κ1) is 14.1. The van der Waals surface area contributed by atoms with Crippen molar-refractivity contribution < 1.29 is 13.9 Å². The Morgan fingerprint density at radius 1 is 1.53 bits per heavy atom. The molecule has 4 nitrogen and oxygen atoms in total. The molecule has 1 N–H and O–H groups in total. The van der Waals surface area contributed by atoms with Crippen LogP contribution >= 0.6 is 0 Å². The Morgan fingerprint density at radius 2 is 2.37 bits per heavy atom. The predicted octanol–water partition coefficient (Wildman–Crippen LogP) is 3.05. The third-order valence-corrected chi connectivity index (χ3v) is 3.92. The van der Waals surface area contributed by atoms with Gasteiger partial charge in [-0.15, -0.1) is 0 Å². The fraction of sp³-hybridized carbons (Fsp3) is 0.667. The van der Waals surface area contributed by atoms with E-state index in [4.69, 9.17) is 9.15 Å². The van der Waals surface area contributed by atoms with E-state index in [1.165, 1.54) is 12.0 Å². The fourth-order valence-corrected chi connectivity index (χ4v) is 2.75. The number of nitrogens with one attached hydrogen (secondary N) is 1. The second-order valence-corrected chi connectivity index (χ2v) is 5.28. The number of carbonyl (C=O) groups is 1. The number of furan rings is 1. The zero-order chi connectivity index (χ0) is 13.7. The highest BCUT2D eigenvalue weighted by atomic mass is 16.5. The van der Waals surface area contributed by atoms with Gasteiger partial charge in [0.2, 0.25) is 0 Å². The summed E-state index contributed by atoms with van der Waals surface area (Å²) < 4.78 is 10.1. The van der Waals surface area contributed by atoms with Crippen molar-refractivity contribution in [2.45, 2.75) is 51.6 Å². The van der Waals surface area contributed by atoms with Gasteiger partial charge in [0, 0.05) is 24.1 Å². The van der Waals surface area contributed by atoms with Crippen LogP contribution in [-0.4, -0.2) is 18.6 Å². The van der Waals surface area contributed by atoms with Gasteiger partial charge in [0.25, 0.3) is 0 Å². The van der Waals surface area contributed by atoms with Crippen molar-refractivity contribution in [1.29, 1.82) is 0 Å². The minimum atomic E-state index is -0.0954. The maximum absolute atomic E-state index is 11.4. The molecule has 4 heteroatoms. The molecule has 1 aliphatic heterocycles. The van der Waals surface area contributed by atoms with Crippen molar-refractivity contribution in [2.75, 3.05) is 6.61 Å². The molecule has 0 bridgehead atoms. The van der Waals surface area contributed by atoms with E-state index in [1.807, 2.05) is 13.0 Å². The van der Waals surface area contributed by atoms with Gasteiger partial charge in [0.15, 0.2) is 0 Å². The monoisotopic (exact) mass is 265 g/mol. The quantitative estimate of drug-likeness (QED) is 0.831. The molecule has 0 radical (unpaired) electrons. The first-order valence-corrected chi connectivity index (χ1v) is 7.14. The van der Waals surface area contributed by atoms with Gasteiger partial charge in [0.1, 0.15) is 0 Å². The van der Waals surface area contributed by atoms with Crippen LogP contribution < -0.4 is 5.32 Å². The lowest BCUT2D eigenvalue weighted by atomic mass is 9.85. The Balaban J connectivity index is 1.86. The molecule has 2 rings (SSSR count). The standard InChI is InChI=1S/C15H23NO3/c1-3-19-15(17)7-6-13-11(2)4-5-14(16-13)12-8-9-18-10-12/h8-11,13-14,16H,3-7H2,1-2H3/t11-,13+,14+/m1/s1. The molecule has 106 valence electrons. The van der Waals surface area contributed by atoms with Gasteiger partial charge in [-0.2, -0.15) is 0 Å². The van der Waals surface area contributed by atoms with E-state index in [1.54, 1.807) is 12.5 Å². The number of esters is 1. The van der Waals surface area contributed by atoms with Gasteiger partial charge in [0.05, 0.1) is 19.1 Å². The van der Waals surface area contributed by atoms with Gasteiger partial charge in [-0.25, -0.2) is 0 Å². The van der Waals surface area contributed by atoms with Crippen molar-refractivity contribution in [1.82, 2.24) is 5.32 Å². The number of ether oxygens (including phenoxy) is 1. The second kappa shape index (κ2) is 6.75. The van der Waals surface area contributed by atoms with Gasteiger partial charge in [-0.05, 0) is 38.2 Å². The average molecular weight is 265 g/mol. The lowest BCUT2D eigenvalue weighted by Crippen LogP contribution is -2.42.